The summed E-state index contributed by atoms with van der Waals surface area (Å²) in [5.41, 5.74) is 6.88. The van der Waals surface area contributed by atoms with E-state index in [1.807, 2.05) is 12.1 Å². The molecule has 126 valence electrons. The molecular weight excluding hydrogens is 330 g/mol. The lowest BCUT2D eigenvalue weighted by Gasteiger charge is -2.17. The van der Waals surface area contributed by atoms with E-state index in [0.717, 1.165) is 6.08 Å². The van der Waals surface area contributed by atoms with Gasteiger partial charge in [0.1, 0.15) is 12.1 Å². The van der Waals surface area contributed by atoms with Crippen LogP contribution >= 0.6 is 0 Å². The van der Waals surface area contributed by atoms with Gasteiger partial charge in [0.2, 0.25) is 5.78 Å². The number of nitrogens with zero attached hydrogens (tertiary/aromatic N) is 2. The fourth-order valence-electron chi connectivity index (χ4n) is 2.78. The van der Waals surface area contributed by atoms with Crippen molar-refractivity contribution in [2.75, 3.05) is 0 Å². The number of carbonyl (C=O) groups excluding carboxylic acids is 2. The Morgan fingerprint density at radius 3 is 2.42 bits per heavy atom. The third-order valence-electron chi connectivity index (χ3n) is 4.00. The average Bonchev–Trinajstić information content (AvgIpc) is 2.67. The Balaban J connectivity index is 1.77. The maximum Gasteiger partial charge on any atom is 0.244 e. The zero-order valence-corrected chi connectivity index (χ0v) is 13.5. The zero-order chi connectivity index (χ0) is 18.1. The molecule has 1 aliphatic rings. The minimum Gasteiger partial charge on any atom is -0.453 e. The number of carbonyl (C=O) groups is 2. The third-order valence-corrected chi connectivity index (χ3v) is 4.00. The number of hydrogen-bond donors (Lipinski definition) is 1. The van der Waals surface area contributed by atoms with Crippen LogP contribution in [0.5, 0.6) is 5.75 Å². The first-order valence-electron chi connectivity index (χ1n) is 7.88. The van der Waals surface area contributed by atoms with Crippen LogP contribution in [0.1, 0.15) is 5.69 Å². The Bertz CT molecular complexity index is 1100. The van der Waals surface area contributed by atoms with Crippen molar-refractivity contribution in [1.29, 1.82) is 0 Å². The molecule has 4 rings (SSSR count). The second-order valence-corrected chi connectivity index (χ2v) is 5.65. The molecule has 0 radical (unpaired) electrons. The average molecular weight is 343 g/mol. The maximum atomic E-state index is 12.7. The highest BCUT2D eigenvalue weighted by Crippen LogP contribution is 2.29. The van der Waals surface area contributed by atoms with E-state index in [1.54, 1.807) is 42.5 Å². The first kappa shape index (κ1) is 15.7. The molecule has 0 amide bonds. The number of hydrogen-bond acceptors (Lipinski definition) is 6. The molecule has 2 N–H and O–H groups in total. The molecule has 6 nitrogen and oxygen atoms in total. The highest BCUT2D eigenvalue weighted by atomic mass is 16.5. The predicted molar refractivity (Wildman–Crippen MR) is 95.8 cm³/mol. The molecule has 0 saturated heterocycles. The van der Waals surface area contributed by atoms with Gasteiger partial charge in [0.15, 0.2) is 11.5 Å². The second kappa shape index (κ2) is 6.25. The zero-order valence-electron chi connectivity index (χ0n) is 13.5. The van der Waals surface area contributed by atoms with Gasteiger partial charge in [-0.25, -0.2) is 9.97 Å². The van der Waals surface area contributed by atoms with Gasteiger partial charge in [-0.3, -0.25) is 9.59 Å². The number of para-hydroxylation sites is 2. The van der Waals surface area contributed by atoms with Gasteiger partial charge in [-0.1, -0.05) is 36.4 Å². The highest BCUT2D eigenvalue weighted by molar-refractivity contribution is 6.37. The van der Waals surface area contributed by atoms with E-state index in [2.05, 4.69) is 9.97 Å². The lowest BCUT2D eigenvalue weighted by Crippen LogP contribution is -2.26. The summed E-state index contributed by atoms with van der Waals surface area (Å²) in [5.74, 6) is -0.646. The molecule has 6 heteroatoms. The molecule has 0 atom stereocenters. The van der Waals surface area contributed by atoms with E-state index in [1.165, 1.54) is 6.33 Å². The van der Waals surface area contributed by atoms with E-state index >= 15 is 0 Å². The van der Waals surface area contributed by atoms with Gasteiger partial charge in [0.05, 0.1) is 22.5 Å². The van der Waals surface area contributed by atoms with Gasteiger partial charge in [-0.15, -0.1) is 0 Å². The molecule has 0 spiro atoms. The van der Waals surface area contributed by atoms with Gasteiger partial charge in [0.25, 0.3) is 0 Å². The number of fused-ring (bicyclic) bond motifs is 1. The van der Waals surface area contributed by atoms with Gasteiger partial charge < -0.3 is 10.5 Å². The second-order valence-electron chi connectivity index (χ2n) is 5.65. The Morgan fingerprint density at radius 1 is 0.885 bits per heavy atom. The quantitative estimate of drug-likeness (QED) is 0.734. The van der Waals surface area contributed by atoms with E-state index < -0.39 is 11.6 Å². The molecule has 0 unspecified atom stereocenters. The minimum atomic E-state index is -0.550. The normalized spacial score (nSPS) is 14.5. The maximum absolute atomic E-state index is 12.7. The topological polar surface area (TPSA) is 95.2 Å². The summed E-state index contributed by atoms with van der Waals surface area (Å²) in [5, 5.41) is 0.648. The van der Waals surface area contributed by atoms with Crippen LogP contribution in [-0.2, 0) is 9.59 Å². The Hall–Kier alpha value is -3.80. The molecule has 1 aliphatic carbocycles. The summed E-state index contributed by atoms with van der Waals surface area (Å²) in [7, 11) is 0. The molecule has 1 aromatic heterocycles. The number of nitrogens with two attached hydrogens (primary N) is 1. The van der Waals surface area contributed by atoms with Crippen LogP contribution in [0.2, 0.25) is 0 Å². The Kier molecular flexibility index (Phi) is 3.78. The molecule has 0 bridgehead atoms. The van der Waals surface area contributed by atoms with Crippen LogP contribution in [-0.4, -0.2) is 21.5 Å². The van der Waals surface area contributed by atoms with E-state index in [4.69, 9.17) is 10.5 Å². The van der Waals surface area contributed by atoms with Crippen LogP contribution in [0.15, 0.2) is 78.5 Å². The first-order chi connectivity index (χ1) is 12.6. The lowest BCUT2D eigenvalue weighted by atomic mass is 9.94. The molecule has 0 saturated carbocycles. The van der Waals surface area contributed by atoms with Gasteiger partial charge in [0, 0.05) is 11.5 Å². The molecule has 3 aromatic rings. The number of allylic oxidation sites excluding steroid dienone is 2. The molecule has 0 aliphatic heterocycles. The van der Waals surface area contributed by atoms with E-state index in [9.17, 15) is 9.59 Å². The first-order valence-corrected chi connectivity index (χ1v) is 7.88. The smallest absolute Gasteiger partial charge is 0.244 e. The Labute approximate surface area is 148 Å². The summed E-state index contributed by atoms with van der Waals surface area (Å²) in [4.78, 5) is 33.7. The van der Waals surface area contributed by atoms with Crippen molar-refractivity contribution in [2.45, 2.75) is 0 Å². The van der Waals surface area contributed by atoms with Crippen LogP contribution in [0.3, 0.4) is 0 Å². The summed E-state index contributed by atoms with van der Waals surface area (Å²) >= 11 is 0. The number of Topliss-reactive ketones (excluding diaryl/α,β-unsaturated/α-hetero) is 1. The third kappa shape index (κ3) is 2.63. The van der Waals surface area contributed by atoms with Crippen molar-refractivity contribution in [1.82, 2.24) is 9.97 Å². The van der Waals surface area contributed by atoms with Crippen LogP contribution in [0.4, 0.5) is 0 Å². The number of ketones is 2. The highest BCUT2D eigenvalue weighted by Gasteiger charge is 2.31. The summed E-state index contributed by atoms with van der Waals surface area (Å²) in [6, 6.07) is 15.9. The van der Waals surface area contributed by atoms with Crippen LogP contribution in [0, 0.1) is 0 Å². The summed E-state index contributed by atoms with van der Waals surface area (Å²) in [6.07, 6.45) is 2.49. The molecular formula is C20H13N3O3. The summed E-state index contributed by atoms with van der Waals surface area (Å²) < 4.78 is 5.52. The fraction of sp³-hybridized carbons (Fsp3) is 0. The number of benzene rings is 2. The Morgan fingerprint density at radius 2 is 1.62 bits per heavy atom. The predicted octanol–water partition coefficient (Wildman–Crippen LogP) is 2.41. The fourth-order valence-corrected chi connectivity index (χ4v) is 2.78. The van der Waals surface area contributed by atoms with Crippen molar-refractivity contribution in [3.8, 4) is 5.75 Å². The van der Waals surface area contributed by atoms with Crippen molar-refractivity contribution in [3.63, 3.8) is 0 Å². The lowest BCUT2D eigenvalue weighted by molar-refractivity contribution is -0.116. The summed E-state index contributed by atoms with van der Waals surface area (Å²) in [6.45, 7) is 0. The van der Waals surface area contributed by atoms with E-state index in [-0.39, 0.29) is 17.0 Å². The molecule has 1 heterocycles. The number of aromatic nitrogens is 2. The molecule has 2 aromatic carbocycles. The van der Waals surface area contributed by atoms with Crippen LogP contribution in [0.25, 0.3) is 16.5 Å². The monoisotopic (exact) mass is 343 g/mol. The van der Waals surface area contributed by atoms with Crippen LogP contribution < -0.4 is 10.5 Å². The van der Waals surface area contributed by atoms with Crippen molar-refractivity contribution >= 4 is 28.0 Å². The van der Waals surface area contributed by atoms with Crippen molar-refractivity contribution < 1.29 is 14.3 Å². The number of ether oxygens (including phenoxy) is 1. The molecule has 26 heavy (non-hydrogen) atoms. The standard InChI is InChI=1S/C20H13N3O3/c21-18-17(19-13-8-4-5-9-14(13)22-11-23-19)15(24)10-16(20(18)25)26-12-6-2-1-3-7-12/h1-11H,21H2. The van der Waals surface area contributed by atoms with Gasteiger partial charge in [-0.05, 0) is 18.2 Å². The van der Waals surface area contributed by atoms with Gasteiger partial charge in [-0.2, -0.15) is 0 Å². The molecule has 0 fully saturated rings. The largest absolute Gasteiger partial charge is 0.453 e. The van der Waals surface area contributed by atoms with Crippen molar-refractivity contribution in [2.24, 2.45) is 5.73 Å². The minimum absolute atomic E-state index is 0.0639. The van der Waals surface area contributed by atoms with E-state index in [0.29, 0.717) is 22.3 Å². The van der Waals surface area contributed by atoms with Gasteiger partial charge >= 0.3 is 0 Å². The SMILES string of the molecule is NC1=C(c2ncnc3ccccc23)C(=O)C=C(Oc2ccccc2)C1=O. The number of rotatable bonds is 3. The van der Waals surface area contributed by atoms with Crippen molar-refractivity contribution in [3.05, 3.63) is 84.2 Å².